The third-order valence-corrected chi connectivity index (χ3v) is 3.51. The Balaban J connectivity index is 1.94. The molecule has 1 heterocycles. The third-order valence-electron chi connectivity index (χ3n) is 3.51. The van der Waals surface area contributed by atoms with E-state index in [1.807, 2.05) is 13.0 Å². The van der Waals surface area contributed by atoms with Gasteiger partial charge < -0.3 is 5.32 Å². The van der Waals surface area contributed by atoms with Gasteiger partial charge in [-0.25, -0.2) is 9.97 Å². The molecule has 0 radical (unpaired) electrons. The van der Waals surface area contributed by atoms with Crippen LogP contribution in [0.5, 0.6) is 0 Å². The predicted octanol–water partition coefficient (Wildman–Crippen LogP) is 2.63. The summed E-state index contributed by atoms with van der Waals surface area (Å²) in [6, 6.07) is 1.93. The van der Waals surface area contributed by atoms with E-state index in [1.165, 1.54) is 12.8 Å². The van der Waals surface area contributed by atoms with Crippen molar-refractivity contribution in [1.82, 2.24) is 9.97 Å². The highest BCUT2D eigenvalue weighted by Gasteiger charge is 2.44. The van der Waals surface area contributed by atoms with Crippen LogP contribution in [0.2, 0.25) is 0 Å². The zero-order chi connectivity index (χ0) is 10.9. The highest BCUT2D eigenvalue weighted by molar-refractivity contribution is 5.33. The van der Waals surface area contributed by atoms with Gasteiger partial charge in [-0.05, 0) is 37.2 Å². The lowest BCUT2D eigenvalue weighted by molar-refractivity contribution is 0.380. The van der Waals surface area contributed by atoms with E-state index in [4.69, 9.17) is 0 Å². The van der Waals surface area contributed by atoms with Crippen molar-refractivity contribution >= 4 is 5.82 Å². The lowest BCUT2D eigenvalue weighted by Crippen LogP contribution is -2.21. The maximum Gasteiger partial charge on any atom is 0.129 e. The summed E-state index contributed by atoms with van der Waals surface area (Å²) in [5, 5.41) is 3.42. The topological polar surface area (TPSA) is 37.8 Å². The summed E-state index contributed by atoms with van der Waals surface area (Å²) >= 11 is 0. The first-order valence-electron chi connectivity index (χ1n) is 5.66. The quantitative estimate of drug-likeness (QED) is 0.821. The molecule has 82 valence electrons. The Bertz CT molecular complexity index is 342. The van der Waals surface area contributed by atoms with Gasteiger partial charge in [0.2, 0.25) is 0 Å². The average Bonchev–Trinajstić information content (AvgIpc) is 2.96. The predicted molar refractivity (Wildman–Crippen MR) is 61.8 cm³/mol. The van der Waals surface area contributed by atoms with Crippen LogP contribution in [0.15, 0.2) is 12.3 Å². The molecule has 1 N–H and O–H groups in total. The molecule has 0 saturated heterocycles. The van der Waals surface area contributed by atoms with E-state index in [0.717, 1.165) is 24.1 Å². The fourth-order valence-electron chi connectivity index (χ4n) is 1.94. The highest BCUT2D eigenvalue weighted by Crippen LogP contribution is 2.51. The van der Waals surface area contributed by atoms with E-state index in [-0.39, 0.29) is 0 Å². The van der Waals surface area contributed by atoms with Crippen molar-refractivity contribution in [2.24, 2.45) is 11.3 Å². The second-order valence-corrected chi connectivity index (χ2v) is 4.86. The molecule has 0 amide bonds. The van der Waals surface area contributed by atoms with Gasteiger partial charge in [0, 0.05) is 12.7 Å². The van der Waals surface area contributed by atoms with Crippen LogP contribution in [0, 0.1) is 18.3 Å². The molecule has 0 bridgehead atoms. The summed E-state index contributed by atoms with van der Waals surface area (Å²) < 4.78 is 0. The Morgan fingerprint density at radius 3 is 2.73 bits per heavy atom. The maximum absolute atomic E-state index is 4.34. The monoisotopic (exact) mass is 205 g/mol. The van der Waals surface area contributed by atoms with Crippen molar-refractivity contribution in [1.29, 1.82) is 0 Å². The summed E-state index contributed by atoms with van der Waals surface area (Å²) in [6.07, 6.45) is 4.50. The van der Waals surface area contributed by atoms with Crippen LogP contribution in [0.1, 0.15) is 32.5 Å². The van der Waals surface area contributed by atoms with Crippen LogP contribution in [0.3, 0.4) is 0 Å². The average molecular weight is 205 g/mol. The number of rotatable bonds is 4. The zero-order valence-electron chi connectivity index (χ0n) is 9.75. The molecule has 15 heavy (non-hydrogen) atoms. The molecule has 1 aliphatic rings. The van der Waals surface area contributed by atoms with Crippen molar-refractivity contribution in [3.63, 3.8) is 0 Å². The van der Waals surface area contributed by atoms with Crippen LogP contribution in [0.4, 0.5) is 5.82 Å². The molecule has 1 saturated carbocycles. The molecule has 1 fully saturated rings. The fraction of sp³-hybridized carbons (Fsp3) is 0.667. The Hall–Kier alpha value is -1.12. The molecule has 1 aromatic rings. The molecule has 2 rings (SSSR count). The van der Waals surface area contributed by atoms with Crippen LogP contribution < -0.4 is 5.32 Å². The lowest BCUT2D eigenvalue weighted by atomic mass is 9.92. The molecule has 3 heteroatoms. The van der Waals surface area contributed by atoms with E-state index >= 15 is 0 Å². The number of nitrogens with zero attached hydrogens (tertiary/aromatic N) is 2. The van der Waals surface area contributed by atoms with Crippen molar-refractivity contribution < 1.29 is 0 Å². The number of aryl methyl sites for hydroxylation is 1. The fourth-order valence-corrected chi connectivity index (χ4v) is 1.94. The second kappa shape index (κ2) is 3.80. The van der Waals surface area contributed by atoms with Gasteiger partial charge in [-0.3, -0.25) is 0 Å². The highest BCUT2D eigenvalue weighted by atomic mass is 15.0. The molecule has 0 atom stereocenters. The maximum atomic E-state index is 4.34. The van der Waals surface area contributed by atoms with E-state index in [0.29, 0.717) is 5.41 Å². The molecule has 0 aromatic carbocycles. The van der Waals surface area contributed by atoms with Crippen molar-refractivity contribution in [3.05, 3.63) is 18.1 Å². The van der Waals surface area contributed by atoms with Gasteiger partial charge in [0.25, 0.3) is 0 Å². The van der Waals surface area contributed by atoms with Gasteiger partial charge >= 0.3 is 0 Å². The minimum atomic E-state index is 0.527. The summed E-state index contributed by atoms with van der Waals surface area (Å²) in [4.78, 5) is 8.43. The second-order valence-electron chi connectivity index (χ2n) is 4.86. The first kappa shape index (κ1) is 10.4. The normalized spacial score (nSPS) is 17.9. The van der Waals surface area contributed by atoms with Gasteiger partial charge in [0.15, 0.2) is 0 Å². The van der Waals surface area contributed by atoms with Gasteiger partial charge in [0.05, 0.1) is 0 Å². The Labute approximate surface area is 91.3 Å². The minimum absolute atomic E-state index is 0.527. The standard InChI is InChI=1S/C12H19N3/c1-9(2)12(5-6-12)8-14-11-4-7-13-10(3)15-11/h4,7,9H,5-6,8H2,1-3H3,(H,13,14,15). The Morgan fingerprint density at radius 2 is 2.20 bits per heavy atom. The van der Waals surface area contributed by atoms with E-state index in [9.17, 15) is 0 Å². The SMILES string of the molecule is Cc1nccc(NCC2(C(C)C)CC2)n1. The number of nitrogens with one attached hydrogen (secondary N) is 1. The van der Waals surface area contributed by atoms with E-state index in [1.54, 1.807) is 6.20 Å². The lowest BCUT2D eigenvalue weighted by Gasteiger charge is -2.20. The van der Waals surface area contributed by atoms with Crippen LogP contribution >= 0.6 is 0 Å². The summed E-state index contributed by atoms with van der Waals surface area (Å²) in [5.41, 5.74) is 0.527. The number of hydrogen-bond donors (Lipinski definition) is 1. The number of anilines is 1. The molecular weight excluding hydrogens is 186 g/mol. The largest absolute Gasteiger partial charge is 0.369 e. The Kier molecular flexibility index (Phi) is 2.63. The molecular formula is C12H19N3. The third kappa shape index (κ3) is 2.28. The first-order chi connectivity index (χ1) is 7.12. The van der Waals surface area contributed by atoms with E-state index < -0.39 is 0 Å². The van der Waals surface area contributed by atoms with Crippen LogP contribution in [0.25, 0.3) is 0 Å². The minimum Gasteiger partial charge on any atom is -0.369 e. The molecule has 1 aliphatic carbocycles. The Morgan fingerprint density at radius 1 is 1.47 bits per heavy atom. The molecule has 3 nitrogen and oxygen atoms in total. The van der Waals surface area contributed by atoms with Crippen LogP contribution in [-0.4, -0.2) is 16.5 Å². The summed E-state index contributed by atoms with van der Waals surface area (Å²) in [5.74, 6) is 2.54. The van der Waals surface area contributed by atoms with Gasteiger partial charge in [-0.1, -0.05) is 13.8 Å². The molecule has 0 aliphatic heterocycles. The number of hydrogen-bond acceptors (Lipinski definition) is 3. The van der Waals surface area contributed by atoms with Gasteiger partial charge in [-0.2, -0.15) is 0 Å². The zero-order valence-corrected chi connectivity index (χ0v) is 9.75. The van der Waals surface area contributed by atoms with Gasteiger partial charge in [-0.15, -0.1) is 0 Å². The van der Waals surface area contributed by atoms with Crippen LogP contribution in [-0.2, 0) is 0 Å². The van der Waals surface area contributed by atoms with Crippen molar-refractivity contribution in [2.45, 2.75) is 33.6 Å². The molecule has 1 aromatic heterocycles. The molecule has 0 unspecified atom stereocenters. The first-order valence-corrected chi connectivity index (χ1v) is 5.66. The van der Waals surface area contributed by atoms with E-state index in [2.05, 4.69) is 29.1 Å². The summed E-state index contributed by atoms with van der Waals surface area (Å²) in [7, 11) is 0. The van der Waals surface area contributed by atoms with Gasteiger partial charge in [0.1, 0.15) is 11.6 Å². The molecule has 0 spiro atoms. The number of aromatic nitrogens is 2. The van der Waals surface area contributed by atoms with Crippen molar-refractivity contribution in [2.75, 3.05) is 11.9 Å². The summed E-state index contributed by atoms with van der Waals surface area (Å²) in [6.45, 7) is 7.57. The van der Waals surface area contributed by atoms with Crippen molar-refractivity contribution in [3.8, 4) is 0 Å². The smallest absolute Gasteiger partial charge is 0.129 e.